The van der Waals surface area contributed by atoms with Crippen molar-refractivity contribution in [1.82, 2.24) is 25.1 Å². The summed E-state index contributed by atoms with van der Waals surface area (Å²) < 4.78 is 2.37. The molecule has 0 aromatic carbocycles. The molecule has 1 aliphatic rings. The lowest BCUT2D eigenvalue weighted by Crippen LogP contribution is -2.41. The molecule has 3 rings (SSSR count). The maximum Gasteiger partial charge on any atom is 0.254 e. The minimum Gasteiger partial charge on any atom is -0.352 e. The molecule has 1 amide bonds. The van der Waals surface area contributed by atoms with Crippen LogP contribution in [0.25, 0.3) is 0 Å². The van der Waals surface area contributed by atoms with E-state index in [9.17, 15) is 4.79 Å². The van der Waals surface area contributed by atoms with Crippen molar-refractivity contribution in [3.63, 3.8) is 0 Å². The number of pyridine rings is 1. The molecule has 0 fully saturated rings. The molecule has 0 radical (unpaired) electrons. The number of nitrogens with one attached hydrogen (secondary N) is 2. The summed E-state index contributed by atoms with van der Waals surface area (Å²) in [6.07, 6.45) is 3.41. The lowest BCUT2D eigenvalue weighted by atomic mass is 10.1. The summed E-state index contributed by atoms with van der Waals surface area (Å²) in [5.41, 5.74) is 0.504. The van der Waals surface area contributed by atoms with Gasteiger partial charge in [-0.15, -0.1) is 0 Å². The Bertz CT molecular complexity index is 748. The molecule has 2 aromatic heterocycles. The molecule has 0 spiro atoms. The number of aryl methyl sites for hydroxylation is 1. The molecule has 116 valence electrons. The summed E-state index contributed by atoms with van der Waals surface area (Å²) >= 11 is 5.15. The molecule has 0 bridgehead atoms. The van der Waals surface area contributed by atoms with Gasteiger partial charge >= 0.3 is 0 Å². The van der Waals surface area contributed by atoms with Crippen molar-refractivity contribution >= 4 is 18.1 Å². The summed E-state index contributed by atoms with van der Waals surface area (Å²) in [5.74, 6) is 2.05. The number of carbonyl (C=O) groups excluding carboxylic acids is 1. The first-order valence-corrected chi connectivity index (χ1v) is 7.87. The highest BCUT2D eigenvalue weighted by molar-refractivity contribution is 7.71. The van der Waals surface area contributed by atoms with Gasteiger partial charge in [0.2, 0.25) is 0 Å². The van der Waals surface area contributed by atoms with Crippen LogP contribution in [0.15, 0.2) is 18.3 Å². The van der Waals surface area contributed by atoms with Crippen LogP contribution in [0.2, 0.25) is 0 Å². The molecular formula is C15H19N5OS. The SMILES string of the molecule is CC(C)c1nc2n(n1)C[C@@H](NC(=O)c1ccc[nH]c1=S)CC2. The van der Waals surface area contributed by atoms with Crippen molar-refractivity contribution in [2.75, 3.05) is 0 Å². The fourth-order valence-electron chi connectivity index (χ4n) is 2.55. The highest BCUT2D eigenvalue weighted by Gasteiger charge is 2.24. The standard InChI is InChI=1S/C15H19N5OS/c1-9(2)13-18-12-6-5-10(8-20(12)19-13)17-14(21)11-4-3-7-16-15(11)22/h3-4,7,9-10H,5-6,8H2,1-2H3,(H,16,22)(H,17,21)/t10-/m0/s1. The van der Waals surface area contributed by atoms with Crippen LogP contribution in [0.3, 0.4) is 0 Å². The topological polar surface area (TPSA) is 75.6 Å². The van der Waals surface area contributed by atoms with Gasteiger partial charge in [0, 0.05) is 24.6 Å². The Morgan fingerprint density at radius 3 is 3.09 bits per heavy atom. The van der Waals surface area contributed by atoms with Gasteiger partial charge in [0.15, 0.2) is 5.82 Å². The zero-order valence-electron chi connectivity index (χ0n) is 12.7. The van der Waals surface area contributed by atoms with Crippen LogP contribution in [0.4, 0.5) is 0 Å². The number of amides is 1. The Morgan fingerprint density at radius 1 is 1.55 bits per heavy atom. The van der Waals surface area contributed by atoms with E-state index in [1.807, 2.05) is 4.68 Å². The number of aromatic amines is 1. The van der Waals surface area contributed by atoms with E-state index >= 15 is 0 Å². The zero-order chi connectivity index (χ0) is 15.7. The summed E-state index contributed by atoms with van der Waals surface area (Å²) in [6, 6.07) is 3.56. The Kier molecular flexibility index (Phi) is 4.06. The monoisotopic (exact) mass is 317 g/mol. The minimum absolute atomic E-state index is 0.0521. The lowest BCUT2D eigenvalue weighted by Gasteiger charge is -2.23. The molecule has 2 N–H and O–H groups in total. The van der Waals surface area contributed by atoms with E-state index in [2.05, 4.69) is 34.2 Å². The zero-order valence-corrected chi connectivity index (χ0v) is 13.5. The van der Waals surface area contributed by atoms with E-state index in [1.165, 1.54) is 0 Å². The molecule has 0 aliphatic carbocycles. The van der Waals surface area contributed by atoms with Crippen molar-refractivity contribution in [1.29, 1.82) is 0 Å². The van der Waals surface area contributed by atoms with Gasteiger partial charge in [-0.25, -0.2) is 9.67 Å². The van der Waals surface area contributed by atoms with Gasteiger partial charge in [-0.2, -0.15) is 5.10 Å². The molecule has 6 nitrogen and oxygen atoms in total. The summed E-state index contributed by atoms with van der Waals surface area (Å²) in [4.78, 5) is 19.7. The van der Waals surface area contributed by atoms with Gasteiger partial charge in [-0.1, -0.05) is 26.1 Å². The number of hydrogen-bond acceptors (Lipinski definition) is 4. The fraction of sp³-hybridized carbons (Fsp3) is 0.467. The summed E-state index contributed by atoms with van der Waals surface area (Å²) in [7, 11) is 0. The number of rotatable bonds is 3. The fourth-order valence-corrected chi connectivity index (χ4v) is 2.78. The predicted molar refractivity (Wildman–Crippen MR) is 85.3 cm³/mol. The van der Waals surface area contributed by atoms with Gasteiger partial charge in [-0.05, 0) is 18.6 Å². The molecule has 0 saturated heterocycles. The highest BCUT2D eigenvalue weighted by Crippen LogP contribution is 2.17. The van der Waals surface area contributed by atoms with Crippen molar-refractivity contribution in [2.45, 2.75) is 45.2 Å². The Hall–Kier alpha value is -2.02. The van der Waals surface area contributed by atoms with Gasteiger partial charge in [0.25, 0.3) is 5.91 Å². The normalized spacial score (nSPS) is 17.3. The first-order valence-electron chi connectivity index (χ1n) is 7.47. The maximum absolute atomic E-state index is 12.3. The smallest absolute Gasteiger partial charge is 0.254 e. The number of nitrogens with zero attached hydrogens (tertiary/aromatic N) is 3. The second-order valence-corrected chi connectivity index (χ2v) is 6.25. The van der Waals surface area contributed by atoms with Crippen LogP contribution in [0.5, 0.6) is 0 Å². The average Bonchev–Trinajstić information content (AvgIpc) is 2.91. The predicted octanol–water partition coefficient (Wildman–Crippen LogP) is 2.20. The van der Waals surface area contributed by atoms with Crippen LogP contribution in [-0.2, 0) is 13.0 Å². The van der Waals surface area contributed by atoms with E-state index in [4.69, 9.17) is 12.2 Å². The molecule has 3 heterocycles. The number of hydrogen-bond donors (Lipinski definition) is 2. The number of aromatic nitrogens is 4. The van der Waals surface area contributed by atoms with E-state index in [0.717, 1.165) is 24.5 Å². The average molecular weight is 317 g/mol. The molecule has 1 atom stereocenters. The lowest BCUT2D eigenvalue weighted by molar-refractivity contribution is 0.0925. The Morgan fingerprint density at radius 2 is 2.36 bits per heavy atom. The minimum atomic E-state index is -0.139. The van der Waals surface area contributed by atoms with Gasteiger partial charge in [0.05, 0.1) is 12.1 Å². The van der Waals surface area contributed by atoms with Crippen LogP contribution in [0.1, 0.15) is 48.2 Å². The third kappa shape index (κ3) is 2.94. The third-order valence-corrected chi connectivity index (χ3v) is 4.13. The second kappa shape index (κ2) is 6.00. The van der Waals surface area contributed by atoms with E-state index in [-0.39, 0.29) is 11.9 Å². The van der Waals surface area contributed by atoms with E-state index in [1.54, 1.807) is 18.3 Å². The molecule has 22 heavy (non-hydrogen) atoms. The third-order valence-electron chi connectivity index (χ3n) is 3.79. The first-order chi connectivity index (χ1) is 10.5. The quantitative estimate of drug-likeness (QED) is 0.851. The van der Waals surface area contributed by atoms with Crippen molar-refractivity contribution < 1.29 is 4.79 Å². The first kappa shape index (κ1) is 14.9. The molecule has 0 saturated carbocycles. The second-order valence-electron chi connectivity index (χ2n) is 5.85. The largest absolute Gasteiger partial charge is 0.352 e. The van der Waals surface area contributed by atoms with Crippen LogP contribution >= 0.6 is 12.2 Å². The Balaban J connectivity index is 1.71. The molecular weight excluding hydrogens is 298 g/mol. The highest BCUT2D eigenvalue weighted by atomic mass is 32.1. The van der Waals surface area contributed by atoms with Crippen LogP contribution in [0, 0.1) is 4.64 Å². The summed E-state index contributed by atoms with van der Waals surface area (Å²) in [6.45, 7) is 4.82. The number of carbonyl (C=O) groups is 1. The molecule has 0 unspecified atom stereocenters. The number of fused-ring (bicyclic) bond motifs is 1. The molecule has 7 heteroatoms. The van der Waals surface area contributed by atoms with Crippen LogP contribution < -0.4 is 5.32 Å². The maximum atomic E-state index is 12.3. The molecule has 1 aliphatic heterocycles. The molecule has 2 aromatic rings. The van der Waals surface area contributed by atoms with E-state index in [0.29, 0.717) is 22.7 Å². The van der Waals surface area contributed by atoms with Gasteiger partial charge in [-0.3, -0.25) is 4.79 Å². The number of H-pyrrole nitrogens is 1. The summed E-state index contributed by atoms with van der Waals surface area (Å²) in [5, 5.41) is 7.57. The van der Waals surface area contributed by atoms with E-state index < -0.39 is 0 Å². The Labute approximate surface area is 134 Å². The van der Waals surface area contributed by atoms with Crippen LogP contribution in [-0.4, -0.2) is 31.7 Å². The van der Waals surface area contributed by atoms with Gasteiger partial charge < -0.3 is 10.3 Å². The van der Waals surface area contributed by atoms with Crippen molar-refractivity contribution in [3.05, 3.63) is 40.2 Å². The van der Waals surface area contributed by atoms with Crippen molar-refractivity contribution in [2.24, 2.45) is 0 Å². The van der Waals surface area contributed by atoms with Crippen molar-refractivity contribution in [3.8, 4) is 0 Å². The van der Waals surface area contributed by atoms with Gasteiger partial charge in [0.1, 0.15) is 10.5 Å².